The first-order valence-electron chi connectivity index (χ1n) is 8.40. The van der Waals surface area contributed by atoms with Gasteiger partial charge in [0, 0.05) is 30.5 Å². The summed E-state index contributed by atoms with van der Waals surface area (Å²) in [4.78, 5) is 39.1. The lowest BCUT2D eigenvalue weighted by atomic mass is 10.3. The molecule has 1 aliphatic rings. The normalized spacial score (nSPS) is 13.9. The van der Waals surface area contributed by atoms with Crippen molar-refractivity contribution in [2.75, 3.05) is 18.0 Å². The second kappa shape index (κ2) is 7.42. The lowest BCUT2D eigenvalue weighted by Gasteiger charge is -2.16. The third-order valence-electron chi connectivity index (χ3n) is 4.08. The molecule has 3 rings (SSSR count). The molecule has 1 aliphatic heterocycles. The molecule has 8 nitrogen and oxygen atoms in total. The highest BCUT2D eigenvalue weighted by Gasteiger charge is 2.16. The number of anilines is 1. The maximum Gasteiger partial charge on any atom is 0.253 e. The van der Waals surface area contributed by atoms with Gasteiger partial charge in [-0.3, -0.25) is 14.2 Å². The number of hydrogen-bond acceptors (Lipinski definition) is 6. The summed E-state index contributed by atoms with van der Waals surface area (Å²) in [5.74, 6) is 0.465. The van der Waals surface area contributed by atoms with E-state index in [4.69, 9.17) is 0 Å². The first-order chi connectivity index (χ1) is 12.0. The van der Waals surface area contributed by atoms with Gasteiger partial charge < -0.3 is 10.2 Å². The van der Waals surface area contributed by atoms with Gasteiger partial charge in [0.2, 0.25) is 11.9 Å². The summed E-state index contributed by atoms with van der Waals surface area (Å²) in [6.45, 7) is 5.84. The SMILES string of the molecule is Cc1cc(=O)n(CC(=O)NCc2cc(C)nc(N3CCCC3)n2)cn1. The van der Waals surface area contributed by atoms with Crippen LogP contribution in [-0.4, -0.2) is 38.5 Å². The van der Waals surface area contributed by atoms with Crippen LogP contribution in [0.2, 0.25) is 0 Å². The van der Waals surface area contributed by atoms with Crippen LogP contribution in [-0.2, 0) is 17.9 Å². The molecule has 3 heterocycles. The largest absolute Gasteiger partial charge is 0.349 e. The summed E-state index contributed by atoms with van der Waals surface area (Å²) < 4.78 is 1.28. The van der Waals surface area contributed by atoms with E-state index >= 15 is 0 Å². The van der Waals surface area contributed by atoms with Gasteiger partial charge in [0.15, 0.2) is 0 Å². The molecule has 0 unspecified atom stereocenters. The minimum atomic E-state index is -0.258. The number of nitrogens with one attached hydrogen (secondary N) is 1. The van der Waals surface area contributed by atoms with Crippen LogP contribution < -0.4 is 15.8 Å². The third-order valence-corrected chi connectivity index (χ3v) is 4.08. The number of aryl methyl sites for hydroxylation is 2. The fraction of sp³-hybridized carbons (Fsp3) is 0.471. The number of rotatable bonds is 5. The zero-order chi connectivity index (χ0) is 17.8. The van der Waals surface area contributed by atoms with Crippen LogP contribution in [0.25, 0.3) is 0 Å². The van der Waals surface area contributed by atoms with Gasteiger partial charge in [0.1, 0.15) is 6.54 Å². The number of carbonyl (C=O) groups is 1. The van der Waals surface area contributed by atoms with E-state index in [9.17, 15) is 9.59 Å². The Hall–Kier alpha value is -2.77. The number of aromatic nitrogens is 4. The maximum absolute atomic E-state index is 12.1. The summed E-state index contributed by atoms with van der Waals surface area (Å²) in [5, 5.41) is 2.80. The van der Waals surface area contributed by atoms with E-state index < -0.39 is 0 Å². The first kappa shape index (κ1) is 17.1. The summed E-state index contributed by atoms with van der Waals surface area (Å²) in [5.41, 5.74) is 2.03. The Kier molecular flexibility index (Phi) is 5.06. The van der Waals surface area contributed by atoms with Crippen molar-refractivity contribution in [2.45, 2.75) is 39.8 Å². The van der Waals surface area contributed by atoms with Crippen molar-refractivity contribution in [2.24, 2.45) is 0 Å². The molecular formula is C17H22N6O2. The lowest BCUT2D eigenvalue weighted by Crippen LogP contribution is -2.32. The lowest BCUT2D eigenvalue weighted by molar-refractivity contribution is -0.121. The van der Waals surface area contributed by atoms with Crippen LogP contribution in [0.5, 0.6) is 0 Å². The average molecular weight is 342 g/mol. The van der Waals surface area contributed by atoms with Crippen LogP contribution in [0.15, 0.2) is 23.3 Å². The van der Waals surface area contributed by atoms with Crippen molar-refractivity contribution in [3.05, 3.63) is 45.9 Å². The van der Waals surface area contributed by atoms with Gasteiger partial charge in [-0.05, 0) is 32.8 Å². The summed E-state index contributed by atoms with van der Waals surface area (Å²) in [6.07, 6.45) is 3.70. The summed E-state index contributed by atoms with van der Waals surface area (Å²) in [7, 11) is 0. The van der Waals surface area contributed by atoms with E-state index in [1.165, 1.54) is 17.0 Å². The van der Waals surface area contributed by atoms with Crippen molar-refractivity contribution in [1.29, 1.82) is 0 Å². The van der Waals surface area contributed by atoms with Gasteiger partial charge in [-0.25, -0.2) is 15.0 Å². The van der Waals surface area contributed by atoms with Crippen LogP contribution in [0.1, 0.15) is 29.9 Å². The standard InChI is InChI=1S/C17H22N6O2/c1-12-8-16(25)23(11-19-12)10-15(24)18-9-14-7-13(2)20-17(21-14)22-5-3-4-6-22/h7-8,11H,3-6,9-10H2,1-2H3,(H,18,24). The van der Waals surface area contributed by atoms with Crippen molar-refractivity contribution < 1.29 is 4.79 Å². The van der Waals surface area contributed by atoms with Gasteiger partial charge in [0.25, 0.3) is 5.56 Å². The van der Waals surface area contributed by atoms with Crippen LogP contribution in [0, 0.1) is 13.8 Å². The molecule has 0 aromatic carbocycles. The summed E-state index contributed by atoms with van der Waals surface area (Å²) in [6, 6.07) is 3.27. The monoisotopic (exact) mass is 342 g/mol. The summed E-state index contributed by atoms with van der Waals surface area (Å²) >= 11 is 0. The highest BCUT2D eigenvalue weighted by molar-refractivity contribution is 5.75. The van der Waals surface area contributed by atoms with Gasteiger partial charge >= 0.3 is 0 Å². The topological polar surface area (TPSA) is 93.0 Å². The molecule has 25 heavy (non-hydrogen) atoms. The Labute approximate surface area is 145 Å². The molecule has 2 aromatic rings. The Balaban J connectivity index is 1.62. The molecule has 0 spiro atoms. The average Bonchev–Trinajstić information content (AvgIpc) is 3.10. The molecule has 1 fully saturated rings. The predicted octanol–water partition coefficient (Wildman–Crippen LogP) is 0.567. The van der Waals surface area contributed by atoms with Gasteiger partial charge in [-0.15, -0.1) is 0 Å². The Bertz CT molecular complexity index is 826. The maximum atomic E-state index is 12.1. The smallest absolute Gasteiger partial charge is 0.253 e. The fourth-order valence-electron chi connectivity index (χ4n) is 2.80. The van der Waals surface area contributed by atoms with E-state index in [1.54, 1.807) is 6.92 Å². The highest BCUT2D eigenvalue weighted by Crippen LogP contribution is 2.16. The van der Waals surface area contributed by atoms with E-state index in [2.05, 4.69) is 25.2 Å². The van der Waals surface area contributed by atoms with Gasteiger partial charge in [-0.2, -0.15) is 0 Å². The predicted molar refractivity (Wildman–Crippen MR) is 93.3 cm³/mol. The van der Waals surface area contributed by atoms with Crippen LogP contribution in [0.4, 0.5) is 5.95 Å². The Morgan fingerprint density at radius 1 is 1.16 bits per heavy atom. The fourth-order valence-corrected chi connectivity index (χ4v) is 2.80. The number of hydrogen-bond donors (Lipinski definition) is 1. The minimum absolute atomic E-state index is 0.0604. The molecule has 0 aliphatic carbocycles. The molecule has 0 saturated carbocycles. The van der Waals surface area contributed by atoms with Crippen LogP contribution >= 0.6 is 0 Å². The quantitative estimate of drug-likeness (QED) is 0.854. The van der Waals surface area contributed by atoms with Crippen molar-refractivity contribution >= 4 is 11.9 Å². The van der Waals surface area contributed by atoms with Crippen molar-refractivity contribution in [3.63, 3.8) is 0 Å². The van der Waals surface area contributed by atoms with E-state index in [0.717, 1.165) is 43.3 Å². The zero-order valence-corrected chi connectivity index (χ0v) is 14.5. The molecule has 2 aromatic heterocycles. The zero-order valence-electron chi connectivity index (χ0n) is 14.5. The molecular weight excluding hydrogens is 320 g/mol. The number of amides is 1. The van der Waals surface area contributed by atoms with Crippen LogP contribution in [0.3, 0.4) is 0 Å². The second-order valence-corrected chi connectivity index (χ2v) is 6.27. The Morgan fingerprint density at radius 2 is 1.92 bits per heavy atom. The molecule has 8 heteroatoms. The van der Waals surface area contributed by atoms with Crippen molar-refractivity contribution in [1.82, 2.24) is 24.8 Å². The van der Waals surface area contributed by atoms with E-state index in [-0.39, 0.29) is 18.0 Å². The van der Waals surface area contributed by atoms with Gasteiger partial charge in [0.05, 0.1) is 18.6 Å². The minimum Gasteiger partial charge on any atom is -0.349 e. The molecule has 1 N–H and O–H groups in total. The molecule has 1 saturated heterocycles. The number of nitrogens with zero attached hydrogens (tertiary/aromatic N) is 5. The molecule has 0 radical (unpaired) electrons. The van der Waals surface area contributed by atoms with Gasteiger partial charge in [-0.1, -0.05) is 0 Å². The Morgan fingerprint density at radius 3 is 2.64 bits per heavy atom. The number of carbonyl (C=O) groups excluding carboxylic acids is 1. The molecule has 0 bridgehead atoms. The highest BCUT2D eigenvalue weighted by atomic mass is 16.2. The first-order valence-corrected chi connectivity index (χ1v) is 8.40. The van der Waals surface area contributed by atoms with Crippen molar-refractivity contribution in [3.8, 4) is 0 Å². The van der Waals surface area contributed by atoms with E-state index in [0.29, 0.717) is 12.2 Å². The molecule has 132 valence electrons. The van der Waals surface area contributed by atoms with E-state index in [1.807, 2.05) is 13.0 Å². The third kappa shape index (κ3) is 4.40. The second-order valence-electron chi connectivity index (χ2n) is 6.27. The molecule has 0 atom stereocenters. The molecule has 1 amide bonds.